The molecule has 1 aromatic carbocycles. The molecule has 21 heavy (non-hydrogen) atoms. The molecule has 1 saturated heterocycles. The highest BCUT2D eigenvalue weighted by Crippen LogP contribution is 2.29. The minimum absolute atomic E-state index is 0.134. The highest BCUT2D eigenvalue weighted by Gasteiger charge is 2.44. The second-order valence-electron chi connectivity index (χ2n) is 5.67. The third-order valence-electron chi connectivity index (χ3n) is 3.69. The molecule has 0 saturated carbocycles. The van der Waals surface area contributed by atoms with Crippen LogP contribution in [0.25, 0.3) is 0 Å². The minimum Gasteiger partial charge on any atom is -0.340 e. The number of amides is 2. The van der Waals surface area contributed by atoms with Crippen LogP contribution < -0.4 is 5.32 Å². The Hall–Kier alpha value is -1.26. The van der Waals surface area contributed by atoms with Crippen LogP contribution in [-0.4, -0.2) is 28.3 Å². The van der Waals surface area contributed by atoms with Crippen molar-refractivity contribution in [2.24, 2.45) is 0 Å². The molecular formula is C15H18Cl2N2O2. The molecule has 0 spiro atoms. The van der Waals surface area contributed by atoms with Crippen molar-refractivity contribution < 1.29 is 9.59 Å². The minimum atomic E-state index is -0.920. The van der Waals surface area contributed by atoms with E-state index in [9.17, 15) is 9.59 Å². The fourth-order valence-corrected chi connectivity index (χ4v) is 3.05. The van der Waals surface area contributed by atoms with E-state index in [1.807, 2.05) is 6.92 Å². The number of nitrogens with one attached hydrogen (secondary N) is 1. The normalized spacial score (nSPS) is 21.4. The maximum Gasteiger partial charge on any atom is 0.248 e. The average molecular weight is 329 g/mol. The fourth-order valence-electron chi connectivity index (χ4n) is 2.53. The van der Waals surface area contributed by atoms with Gasteiger partial charge < -0.3 is 10.2 Å². The van der Waals surface area contributed by atoms with Crippen LogP contribution in [-0.2, 0) is 16.1 Å². The van der Waals surface area contributed by atoms with Crippen molar-refractivity contribution in [1.29, 1.82) is 0 Å². The van der Waals surface area contributed by atoms with Gasteiger partial charge in [0, 0.05) is 22.2 Å². The van der Waals surface area contributed by atoms with Crippen molar-refractivity contribution >= 4 is 35.0 Å². The molecule has 6 heteroatoms. The topological polar surface area (TPSA) is 49.4 Å². The van der Waals surface area contributed by atoms with Gasteiger partial charge in [0.25, 0.3) is 0 Å². The molecule has 1 heterocycles. The highest BCUT2D eigenvalue weighted by molar-refractivity contribution is 6.36. The van der Waals surface area contributed by atoms with E-state index in [4.69, 9.17) is 23.2 Å². The van der Waals surface area contributed by atoms with Gasteiger partial charge in [-0.15, -0.1) is 0 Å². The lowest BCUT2D eigenvalue weighted by atomic mass is 9.95. The van der Waals surface area contributed by atoms with Gasteiger partial charge in [0.1, 0.15) is 11.6 Å². The summed E-state index contributed by atoms with van der Waals surface area (Å²) in [5.41, 5.74) is -0.255. The first kappa shape index (κ1) is 16.1. The van der Waals surface area contributed by atoms with Gasteiger partial charge in [-0.1, -0.05) is 36.2 Å². The predicted octanol–water partition coefficient (Wildman–Crippen LogP) is 3.01. The Bertz CT molecular complexity index is 567. The Morgan fingerprint density at radius 3 is 2.33 bits per heavy atom. The number of piperazine rings is 1. The van der Waals surface area contributed by atoms with Crippen LogP contribution in [0.1, 0.15) is 32.8 Å². The molecule has 0 aromatic heterocycles. The van der Waals surface area contributed by atoms with E-state index in [2.05, 4.69) is 5.32 Å². The summed E-state index contributed by atoms with van der Waals surface area (Å²) in [5.74, 6) is -0.282. The zero-order chi connectivity index (χ0) is 15.8. The summed E-state index contributed by atoms with van der Waals surface area (Å²) in [6, 6.07) is 4.70. The summed E-state index contributed by atoms with van der Waals surface area (Å²) < 4.78 is 0. The van der Waals surface area contributed by atoms with Gasteiger partial charge in [0.2, 0.25) is 11.8 Å². The molecular weight excluding hydrogens is 311 g/mol. The number of hydrogen-bond donors (Lipinski definition) is 1. The number of carbonyl (C=O) groups is 2. The second kappa shape index (κ2) is 5.85. The molecule has 1 atom stereocenters. The van der Waals surface area contributed by atoms with Crippen LogP contribution in [0.2, 0.25) is 10.0 Å². The van der Waals surface area contributed by atoms with Gasteiger partial charge in [-0.25, -0.2) is 0 Å². The molecule has 0 radical (unpaired) electrons. The van der Waals surface area contributed by atoms with E-state index in [-0.39, 0.29) is 18.4 Å². The predicted molar refractivity (Wildman–Crippen MR) is 83.3 cm³/mol. The van der Waals surface area contributed by atoms with E-state index in [0.717, 1.165) is 0 Å². The summed E-state index contributed by atoms with van der Waals surface area (Å²) in [7, 11) is 0. The molecule has 1 aromatic rings. The maximum atomic E-state index is 12.6. The molecule has 1 unspecified atom stereocenters. The lowest BCUT2D eigenvalue weighted by molar-refractivity contribution is -0.154. The molecule has 0 bridgehead atoms. The Kier molecular flexibility index (Phi) is 4.49. The number of nitrogens with zero attached hydrogens (tertiary/aromatic N) is 1. The van der Waals surface area contributed by atoms with Crippen LogP contribution in [0.4, 0.5) is 0 Å². The average Bonchev–Trinajstić information content (AvgIpc) is 2.39. The Labute approximate surface area is 134 Å². The number of benzene rings is 1. The van der Waals surface area contributed by atoms with E-state index < -0.39 is 11.6 Å². The first-order valence-electron chi connectivity index (χ1n) is 6.84. The molecule has 4 nitrogen and oxygen atoms in total. The summed E-state index contributed by atoms with van der Waals surface area (Å²) in [6.07, 6.45) is 0.537. The van der Waals surface area contributed by atoms with Gasteiger partial charge in [-0.05, 0) is 32.4 Å². The van der Waals surface area contributed by atoms with Crippen LogP contribution in [0, 0.1) is 0 Å². The van der Waals surface area contributed by atoms with E-state index in [0.29, 0.717) is 22.0 Å². The smallest absolute Gasteiger partial charge is 0.248 e. The second-order valence-corrected chi connectivity index (χ2v) is 6.49. The largest absolute Gasteiger partial charge is 0.340 e. The van der Waals surface area contributed by atoms with Gasteiger partial charge in [0.15, 0.2) is 0 Å². The van der Waals surface area contributed by atoms with Crippen molar-refractivity contribution in [3.05, 3.63) is 33.8 Å². The van der Waals surface area contributed by atoms with Gasteiger partial charge in [-0.2, -0.15) is 0 Å². The van der Waals surface area contributed by atoms with Gasteiger partial charge in [0.05, 0.1) is 0 Å². The van der Waals surface area contributed by atoms with Crippen molar-refractivity contribution in [2.75, 3.05) is 0 Å². The van der Waals surface area contributed by atoms with E-state index in [1.54, 1.807) is 36.9 Å². The quantitative estimate of drug-likeness (QED) is 0.927. The summed E-state index contributed by atoms with van der Waals surface area (Å²) in [5, 5.41) is 3.74. The van der Waals surface area contributed by atoms with Crippen LogP contribution in [0.3, 0.4) is 0 Å². The number of carbonyl (C=O) groups excluding carboxylic acids is 2. The summed E-state index contributed by atoms with van der Waals surface area (Å²) in [4.78, 5) is 26.4. The molecule has 1 aliphatic heterocycles. The zero-order valence-electron chi connectivity index (χ0n) is 12.2. The fraction of sp³-hybridized carbons (Fsp3) is 0.467. The Balaban J connectivity index is 2.39. The summed E-state index contributed by atoms with van der Waals surface area (Å²) in [6.45, 7) is 5.49. The maximum absolute atomic E-state index is 12.6. The SMILES string of the molecule is CCC1C(=O)NC(C)(C)C(=O)N1Cc1c(Cl)cccc1Cl. The third kappa shape index (κ3) is 3.01. The van der Waals surface area contributed by atoms with Crippen LogP contribution in [0.5, 0.6) is 0 Å². The summed E-state index contributed by atoms with van der Waals surface area (Å²) >= 11 is 12.3. The lowest BCUT2D eigenvalue weighted by Gasteiger charge is -2.42. The Morgan fingerprint density at radius 2 is 1.81 bits per heavy atom. The highest BCUT2D eigenvalue weighted by atomic mass is 35.5. The van der Waals surface area contributed by atoms with Crippen molar-refractivity contribution in [3.63, 3.8) is 0 Å². The monoisotopic (exact) mass is 328 g/mol. The molecule has 1 N–H and O–H groups in total. The third-order valence-corrected chi connectivity index (χ3v) is 4.40. The van der Waals surface area contributed by atoms with Crippen molar-refractivity contribution in [3.8, 4) is 0 Å². The Morgan fingerprint density at radius 1 is 1.24 bits per heavy atom. The van der Waals surface area contributed by atoms with Gasteiger partial charge in [-0.3, -0.25) is 9.59 Å². The molecule has 1 fully saturated rings. The van der Waals surface area contributed by atoms with Crippen molar-refractivity contribution in [1.82, 2.24) is 10.2 Å². The first-order valence-corrected chi connectivity index (χ1v) is 7.59. The number of rotatable bonds is 3. The molecule has 2 rings (SSSR count). The van der Waals surface area contributed by atoms with Crippen LogP contribution in [0.15, 0.2) is 18.2 Å². The molecule has 0 aliphatic carbocycles. The van der Waals surface area contributed by atoms with E-state index in [1.165, 1.54) is 0 Å². The molecule has 2 amide bonds. The molecule has 114 valence electrons. The van der Waals surface area contributed by atoms with Crippen molar-refractivity contribution in [2.45, 2.75) is 45.3 Å². The molecule has 1 aliphatic rings. The number of hydrogen-bond acceptors (Lipinski definition) is 2. The zero-order valence-corrected chi connectivity index (χ0v) is 13.8. The standard InChI is InChI=1S/C15H18Cl2N2O2/c1-4-12-13(20)18-15(2,3)14(21)19(12)8-9-10(16)6-5-7-11(9)17/h5-7,12H,4,8H2,1-3H3,(H,18,20). The van der Waals surface area contributed by atoms with Crippen LogP contribution >= 0.6 is 23.2 Å². The van der Waals surface area contributed by atoms with Gasteiger partial charge >= 0.3 is 0 Å². The lowest BCUT2D eigenvalue weighted by Crippen LogP contribution is -2.67. The van der Waals surface area contributed by atoms with E-state index >= 15 is 0 Å². The number of halogens is 2. The first-order chi connectivity index (χ1) is 9.77.